The first-order valence-corrected chi connectivity index (χ1v) is 8.34. The number of benzene rings is 1. The predicted molar refractivity (Wildman–Crippen MR) is 97.3 cm³/mol. The van der Waals surface area contributed by atoms with Crippen LogP contribution in [0, 0.1) is 19.7 Å². The van der Waals surface area contributed by atoms with Crippen molar-refractivity contribution in [3.05, 3.63) is 65.0 Å². The zero-order valence-corrected chi connectivity index (χ0v) is 15.1. The Morgan fingerprint density at radius 2 is 2.07 bits per heavy atom. The van der Waals surface area contributed by atoms with Gasteiger partial charge >= 0.3 is 0 Å². The van der Waals surface area contributed by atoms with Gasteiger partial charge in [0, 0.05) is 30.6 Å². The zero-order chi connectivity index (χ0) is 19.1. The monoisotopic (exact) mass is 385 g/mol. The van der Waals surface area contributed by atoms with Gasteiger partial charge in [-0.1, -0.05) is 11.6 Å². The number of hydrogen-bond donors (Lipinski definition) is 1. The number of oxazole rings is 1. The number of amides is 1. The summed E-state index contributed by atoms with van der Waals surface area (Å²) in [7, 11) is 0. The molecule has 1 aromatic carbocycles. The molecule has 0 radical (unpaired) electrons. The molecule has 0 saturated heterocycles. The lowest BCUT2D eigenvalue weighted by molar-refractivity contribution is 0.0994. The summed E-state index contributed by atoms with van der Waals surface area (Å²) in [6.07, 6.45) is 4.70. The molecular formula is C18H13ClFN5O2. The van der Waals surface area contributed by atoms with Crippen molar-refractivity contribution >= 4 is 29.0 Å². The Kier molecular flexibility index (Phi) is 4.12. The van der Waals surface area contributed by atoms with Crippen LogP contribution in [0.3, 0.4) is 0 Å². The van der Waals surface area contributed by atoms with Crippen molar-refractivity contribution in [1.82, 2.24) is 19.4 Å². The molecule has 0 atom stereocenters. The predicted octanol–water partition coefficient (Wildman–Crippen LogP) is 4.05. The lowest BCUT2D eigenvalue weighted by Gasteiger charge is -2.06. The number of aryl methyl sites for hydroxylation is 2. The van der Waals surface area contributed by atoms with Gasteiger partial charge in [0.25, 0.3) is 5.91 Å². The SMILES string of the molecule is Cc1nc(C)c(C(=O)Nc2ccc(F)c(-c3cn4cc(Cl)cnc4n3)c2)o1. The van der Waals surface area contributed by atoms with E-state index in [-0.39, 0.29) is 11.3 Å². The van der Waals surface area contributed by atoms with Crippen molar-refractivity contribution in [2.45, 2.75) is 13.8 Å². The van der Waals surface area contributed by atoms with E-state index in [4.69, 9.17) is 16.0 Å². The quantitative estimate of drug-likeness (QED) is 0.575. The van der Waals surface area contributed by atoms with Crippen molar-refractivity contribution in [2.75, 3.05) is 5.32 Å². The van der Waals surface area contributed by atoms with Gasteiger partial charge in [-0.05, 0) is 25.1 Å². The van der Waals surface area contributed by atoms with Gasteiger partial charge in [-0.25, -0.2) is 19.3 Å². The summed E-state index contributed by atoms with van der Waals surface area (Å²) >= 11 is 5.91. The average molecular weight is 386 g/mol. The van der Waals surface area contributed by atoms with Crippen LogP contribution in [0.2, 0.25) is 5.02 Å². The summed E-state index contributed by atoms with van der Waals surface area (Å²) < 4.78 is 21.3. The van der Waals surface area contributed by atoms with E-state index in [1.165, 1.54) is 24.4 Å². The summed E-state index contributed by atoms with van der Waals surface area (Å²) in [4.78, 5) is 24.8. The van der Waals surface area contributed by atoms with Gasteiger partial charge in [-0.3, -0.25) is 9.20 Å². The molecule has 3 aromatic heterocycles. The molecule has 9 heteroatoms. The van der Waals surface area contributed by atoms with E-state index in [1.807, 2.05) is 0 Å². The topological polar surface area (TPSA) is 85.3 Å². The number of halogens is 2. The molecule has 3 heterocycles. The number of fused-ring (bicyclic) bond motifs is 1. The van der Waals surface area contributed by atoms with Gasteiger partial charge in [0.05, 0.1) is 22.6 Å². The largest absolute Gasteiger partial charge is 0.436 e. The van der Waals surface area contributed by atoms with E-state index < -0.39 is 11.7 Å². The van der Waals surface area contributed by atoms with Crippen LogP contribution in [-0.2, 0) is 0 Å². The Balaban J connectivity index is 1.68. The van der Waals surface area contributed by atoms with E-state index in [9.17, 15) is 9.18 Å². The lowest BCUT2D eigenvalue weighted by atomic mass is 10.1. The Morgan fingerprint density at radius 3 is 2.81 bits per heavy atom. The Bertz CT molecular complexity index is 1180. The number of hydrogen-bond acceptors (Lipinski definition) is 5. The summed E-state index contributed by atoms with van der Waals surface area (Å²) in [6.45, 7) is 3.33. The summed E-state index contributed by atoms with van der Waals surface area (Å²) in [5.74, 6) is -0.0439. The Labute approximate surface area is 157 Å². The van der Waals surface area contributed by atoms with Gasteiger partial charge in [0.1, 0.15) is 5.82 Å². The molecule has 0 fully saturated rings. The first kappa shape index (κ1) is 17.2. The summed E-state index contributed by atoms with van der Waals surface area (Å²) in [5, 5.41) is 3.12. The fourth-order valence-corrected chi connectivity index (χ4v) is 2.87. The third-order valence-corrected chi connectivity index (χ3v) is 4.08. The van der Waals surface area contributed by atoms with E-state index >= 15 is 0 Å². The molecule has 1 N–H and O–H groups in total. The smallest absolute Gasteiger partial charge is 0.293 e. The second kappa shape index (κ2) is 6.48. The first-order valence-electron chi connectivity index (χ1n) is 7.96. The van der Waals surface area contributed by atoms with Crippen LogP contribution in [0.5, 0.6) is 0 Å². The van der Waals surface area contributed by atoms with Crippen LogP contribution in [0.1, 0.15) is 22.1 Å². The summed E-state index contributed by atoms with van der Waals surface area (Å²) in [6, 6.07) is 4.21. The van der Waals surface area contributed by atoms with Crippen molar-refractivity contribution in [3.63, 3.8) is 0 Å². The third-order valence-electron chi connectivity index (χ3n) is 3.89. The highest BCUT2D eigenvalue weighted by Crippen LogP contribution is 2.26. The number of carbonyl (C=O) groups is 1. The molecule has 4 rings (SSSR count). The van der Waals surface area contributed by atoms with Crippen molar-refractivity contribution in [2.24, 2.45) is 0 Å². The maximum Gasteiger partial charge on any atom is 0.293 e. The molecular weight excluding hydrogens is 373 g/mol. The highest BCUT2D eigenvalue weighted by Gasteiger charge is 2.17. The van der Waals surface area contributed by atoms with Crippen LogP contribution in [0.15, 0.2) is 41.2 Å². The molecule has 1 amide bonds. The van der Waals surface area contributed by atoms with Crippen LogP contribution < -0.4 is 5.32 Å². The minimum Gasteiger partial charge on any atom is -0.436 e. The second-order valence-corrected chi connectivity index (χ2v) is 6.34. The van der Waals surface area contributed by atoms with Crippen LogP contribution >= 0.6 is 11.6 Å². The highest BCUT2D eigenvalue weighted by atomic mass is 35.5. The van der Waals surface area contributed by atoms with E-state index in [1.54, 1.807) is 30.6 Å². The average Bonchev–Trinajstić information content (AvgIpc) is 3.18. The van der Waals surface area contributed by atoms with Gasteiger partial charge in [0.15, 0.2) is 5.89 Å². The first-order chi connectivity index (χ1) is 12.9. The molecule has 0 saturated carbocycles. The Morgan fingerprint density at radius 1 is 1.26 bits per heavy atom. The molecule has 0 spiro atoms. The molecule has 27 heavy (non-hydrogen) atoms. The number of aromatic nitrogens is 4. The minimum absolute atomic E-state index is 0.116. The normalized spacial score (nSPS) is 11.1. The summed E-state index contributed by atoms with van der Waals surface area (Å²) in [5.41, 5.74) is 1.47. The van der Waals surface area contributed by atoms with E-state index in [2.05, 4.69) is 20.3 Å². The molecule has 0 aliphatic carbocycles. The number of imidazole rings is 1. The maximum atomic E-state index is 14.4. The second-order valence-electron chi connectivity index (χ2n) is 5.90. The van der Waals surface area contributed by atoms with Gasteiger partial charge in [0.2, 0.25) is 11.5 Å². The van der Waals surface area contributed by atoms with Crippen molar-refractivity contribution < 1.29 is 13.6 Å². The molecule has 0 unspecified atom stereocenters. The van der Waals surface area contributed by atoms with Gasteiger partial charge in [-0.2, -0.15) is 0 Å². The zero-order valence-electron chi connectivity index (χ0n) is 14.3. The highest BCUT2D eigenvalue weighted by molar-refractivity contribution is 6.30. The lowest BCUT2D eigenvalue weighted by Crippen LogP contribution is -2.12. The molecule has 0 aliphatic rings. The standard InChI is InChI=1S/C18H13ClFN5O2/c1-9-16(27-10(2)22-9)17(26)23-12-3-4-14(20)13(5-12)15-8-25-7-11(19)6-21-18(25)24-15/h3-8H,1-2H3,(H,23,26). The maximum absolute atomic E-state index is 14.4. The molecule has 4 aromatic rings. The third kappa shape index (κ3) is 3.26. The minimum atomic E-state index is -0.478. The fourth-order valence-electron chi connectivity index (χ4n) is 2.72. The van der Waals surface area contributed by atoms with E-state index in [0.717, 1.165) is 0 Å². The van der Waals surface area contributed by atoms with Crippen LogP contribution in [0.25, 0.3) is 17.0 Å². The van der Waals surface area contributed by atoms with Gasteiger partial charge in [-0.15, -0.1) is 0 Å². The number of nitrogens with zero attached hydrogens (tertiary/aromatic N) is 4. The number of carbonyl (C=O) groups excluding carboxylic acids is 1. The molecule has 0 aliphatic heterocycles. The fraction of sp³-hybridized carbons (Fsp3) is 0.111. The molecule has 136 valence electrons. The molecule has 7 nitrogen and oxygen atoms in total. The number of rotatable bonds is 3. The molecule has 0 bridgehead atoms. The van der Waals surface area contributed by atoms with Crippen molar-refractivity contribution in [1.29, 1.82) is 0 Å². The Hall–Kier alpha value is -3.26. The van der Waals surface area contributed by atoms with Crippen LogP contribution in [0.4, 0.5) is 10.1 Å². The van der Waals surface area contributed by atoms with Gasteiger partial charge < -0.3 is 9.73 Å². The van der Waals surface area contributed by atoms with E-state index in [0.29, 0.717) is 33.8 Å². The van der Waals surface area contributed by atoms with Crippen LogP contribution in [-0.4, -0.2) is 25.3 Å². The van der Waals surface area contributed by atoms with Crippen molar-refractivity contribution in [3.8, 4) is 11.3 Å². The number of anilines is 1. The number of nitrogens with one attached hydrogen (secondary N) is 1.